The lowest BCUT2D eigenvalue weighted by Gasteiger charge is -2.19. The molecule has 0 bridgehead atoms. The smallest absolute Gasteiger partial charge is 0.238 e. The van der Waals surface area contributed by atoms with Crippen LogP contribution in [-0.2, 0) is 4.79 Å². The number of amides is 1. The predicted molar refractivity (Wildman–Crippen MR) is 84.2 cm³/mol. The van der Waals surface area contributed by atoms with Gasteiger partial charge in [-0.2, -0.15) is 0 Å². The Morgan fingerprint density at radius 2 is 2.10 bits per heavy atom. The average Bonchev–Trinajstić information content (AvgIpc) is 2.98. The molecular weight excluding hydrogens is 269 g/mol. The second kappa shape index (κ2) is 7.41. The van der Waals surface area contributed by atoms with Crippen molar-refractivity contribution in [2.45, 2.75) is 39.2 Å². The second-order valence-corrected chi connectivity index (χ2v) is 5.60. The van der Waals surface area contributed by atoms with Gasteiger partial charge >= 0.3 is 0 Å². The molecule has 0 aromatic heterocycles. The first-order valence-electron chi connectivity index (χ1n) is 7.68. The van der Waals surface area contributed by atoms with Crippen LogP contribution in [0.1, 0.15) is 33.1 Å². The zero-order valence-corrected chi connectivity index (χ0v) is 12.8. The van der Waals surface area contributed by atoms with E-state index in [9.17, 15) is 9.18 Å². The van der Waals surface area contributed by atoms with E-state index in [-0.39, 0.29) is 18.3 Å². The maximum atomic E-state index is 14.1. The van der Waals surface area contributed by atoms with E-state index in [1.54, 1.807) is 12.1 Å². The lowest BCUT2D eigenvalue weighted by molar-refractivity contribution is -0.115. The number of halogens is 1. The highest BCUT2D eigenvalue weighted by Gasteiger charge is 2.16. The van der Waals surface area contributed by atoms with E-state index in [1.807, 2.05) is 11.8 Å². The molecule has 0 aliphatic carbocycles. The third-order valence-corrected chi connectivity index (χ3v) is 3.90. The molecule has 1 aromatic carbocycles. The van der Waals surface area contributed by atoms with Crippen LogP contribution in [0.25, 0.3) is 0 Å². The molecule has 5 heteroatoms. The van der Waals surface area contributed by atoms with Crippen molar-refractivity contribution in [3.05, 3.63) is 24.0 Å². The number of hydrogen-bond acceptors (Lipinski definition) is 3. The topological polar surface area (TPSA) is 44.4 Å². The number of nitrogens with zero attached hydrogens (tertiary/aromatic N) is 1. The zero-order valence-electron chi connectivity index (χ0n) is 12.8. The van der Waals surface area contributed by atoms with E-state index >= 15 is 0 Å². The van der Waals surface area contributed by atoms with Gasteiger partial charge in [-0.3, -0.25) is 4.79 Å². The first kappa shape index (κ1) is 15.8. The Balaban J connectivity index is 1.92. The van der Waals surface area contributed by atoms with E-state index < -0.39 is 0 Å². The maximum absolute atomic E-state index is 14.1. The predicted octanol–water partition coefficient (Wildman–Crippen LogP) is 2.75. The van der Waals surface area contributed by atoms with E-state index in [0.29, 0.717) is 17.4 Å². The van der Waals surface area contributed by atoms with Gasteiger partial charge in [0.2, 0.25) is 5.91 Å². The molecule has 1 atom stereocenters. The zero-order chi connectivity index (χ0) is 15.2. The van der Waals surface area contributed by atoms with Gasteiger partial charge in [0.25, 0.3) is 0 Å². The fourth-order valence-electron chi connectivity index (χ4n) is 2.42. The summed E-state index contributed by atoms with van der Waals surface area (Å²) in [6, 6.07) is 5.20. The van der Waals surface area contributed by atoms with Crippen LogP contribution >= 0.6 is 0 Å². The molecule has 0 saturated carbocycles. The molecule has 1 aliphatic heterocycles. The lowest BCUT2D eigenvalue weighted by Crippen LogP contribution is -2.34. The second-order valence-electron chi connectivity index (χ2n) is 5.60. The average molecular weight is 293 g/mol. The fraction of sp³-hybridized carbons (Fsp3) is 0.562. The summed E-state index contributed by atoms with van der Waals surface area (Å²) in [5.74, 6) is -0.423. The molecule has 2 N–H and O–H groups in total. The molecule has 116 valence electrons. The van der Waals surface area contributed by atoms with Gasteiger partial charge in [-0.05, 0) is 44.4 Å². The molecule has 1 fully saturated rings. The highest BCUT2D eigenvalue weighted by molar-refractivity contribution is 5.92. The van der Waals surface area contributed by atoms with Crippen molar-refractivity contribution >= 4 is 17.3 Å². The van der Waals surface area contributed by atoms with Crippen molar-refractivity contribution in [2.24, 2.45) is 0 Å². The van der Waals surface area contributed by atoms with Crippen molar-refractivity contribution < 1.29 is 9.18 Å². The van der Waals surface area contributed by atoms with E-state index in [1.165, 1.54) is 6.07 Å². The van der Waals surface area contributed by atoms with Crippen LogP contribution in [0.4, 0.5) is 15.8 Å². The lowest BCUT2D eigenvalue weighted by atomic mass is 10.2. The molecule has 2 rings (SSSR count). The Bertz CT molecular complexity index is 486. The molecule has 1 amide bonds. The SMILES string of the molecule is CCC(C)NCC(=O)Nc1ccc(N2CCCC2)c(F)c1. The number of hydrogen-bond donors (Lipinski definition) is 2. The van der Waals surface area contributed by atoms with Crippen molar-refractivity contribution in [1.82, 2.24) is 5.32 Å². The van der Waals surface area contributed by atoms with Gasteiger partial charge in [0.15, 0.2) is 0 Å². The quantitative estimate of drug-likeness (QED) is 0.847. The molecule has 1 aromatic rings. The molecule has 21 heavy (non-hydrogen) atoms. The van der Waals surface area contributed by atoms with Crippen molar-refractivity contribution in [3.63, 3.8) is 0 Å². The molecule has 1 unspecified atom stereocenters. The van der Waals surface area contributed by atoms with Crippen LogP contribution in [-0.4, -0.2) is 31.6 Å². The van der Waals surface area contributed by atoms with Gasteiger partial charge in [0.1, 0.15) is 5.82 Å². The third-order valence-electron chi connectivity index (χ3n) is 3.90. The fourth-order valence-corrected chi connectivity index (χ4v) is 2.42. The highest BCUT2D eigenvalue weighted by atomic mass is 19.1. The van der Waals surface area contributed by atoms with Crippen molar-refractivity contribution in [3.8, 4) is 0 Å². The van der Waals surface area contributed by atoms with Gasteiger partial charge in [-0.1, -0.05) is 6.92 Å². The summed E-state index contributed by atoms with van der Waals surface area (Å²) in [7, 11) is 0. The summed E-state index contributed by atoms with van der Waals surface area (Å²) in [6.45, 7) is 6.13. The largest absolute Gasteiger partial charge is 0.369 e. The number of nitrogens with one attached hydrogen (secondary N) is 2. The summed E-state index contributed by atoms with van der Waals surface area (Å²) in [5, 5.41) is 5.83. The van der Waals surface area contributed by atoms with Crippen molar-refractivity contribution in [2.75, 3.05) is 29.9 Å². The Kier molecular flexibility index (Phi) is 5.56. The summed E-state index contributed by atoms with van der Waals surface area (Å²) < 4.78 is 14.1. The van der Waals surface area contributed by atoms with Gasteiger partial charge in [0.05, 0.1) is 12.2 Å². The number of carbonyl (C=O) groups is 1. The standard InChI is InChI=1S/C16H24FN3O/c1-3-12(2)18-11-16(21)19-13-6-7-15(14(17)10-13)20-8-4-5-9-20/h6-7,10,12,18H,3-5,8-9,11H2,1-2H3,(H,19,21). The van der Waals surface area contributed by atoms with E-state index in [0.717, 1.165) is 32.4 Å². The van der Waals surface area contributed by atoms with Gasteiger partial charge < -0.3 is 15.5 Å². The van der Waals surface area contributed by atoms with Crippen LogP contribution < -0.4 is 15.5 Å². The first-order valence-corrected chi connectivity index (χ1v) is 7.68. The highest BCUT2D eigenvalue weighted by Crippen LogP contribution is 2.25. The minimum atomic E-state index is -0.274. The molecule has 0 radical (unpaired) electrons. The molecule has 1 saturated heterocycles. The normalized spacial score (nSPS) is 16.0. The van der Waals surface area contributed by atoms with Gasteiger partial charge in [-0.25, -0.2) is 4.39 Å². The molecule has 1 heterocycles. The molecule has 1 aliphatic rings. The van der Waals surface area contributed by atoms with Crippen LogP contribution in [0.3, 0.4) is 0 Å². The number of anilines is 2. The summed E-state index contributed by atoms with van der Waals surface area (Å²) in [5.41, 5.74) is 1.13. The van der Waals surface area contributed by atoms with Gasteiger partial charge in [0, 0.05) is 24.8 Å². The number of carbonyl (C=O) groups excluding carboxylic acids is 1. The molecular formula is C16H24FN3O. The van der Waals surface area contributed by atoms with Crippen molar-refractivity contribution in [1.29, 1.82) is 0 Å². The van der Waals surface area contributed by atoms with Crippen LogP contribution in [0.5, 0.6) is 0 Å². The number of benzene rings is 1. The summed E-state index contributed by atoms with van der Waals surface area (Å²) in [4.78, 5) is 13.8. The Morgan fingerprint density at radius 3 is 2.71 bits per heavy atom. The number of rotatable bonds is 6. The summed E-state index contributed by atoms with van der Waals surface area (Å²) in [6.07, 6.45) is 3.19. The van der Waals surface area contributed by atoms with Crippen LogP contribution in [0.2, 0.25) is 0 Å². The van der Waals surface area contributed by atoms with E-state index in [4.69, 9.17) is 0 Å². The minimum Gasteiger partial charge on any atom is -0.369 e. The monoisotopic (exact) mass is 293 g/mol. The maximum Gasteiger partial charge on any atom is 0.238 e. The van der Waals surface area contributed by atoms with E-state index in [2.05, 4.69) is 17.6 Å². The Hall–Kier alpha value is -1.62. The molecule has 4 nitrogen and oxygen atoms in total. The Labute approximate surface area is 125 Å². The minimum absolute atomic E-state index is 0.149. The summed E-state index contributed by atoms with van der Waals surface area (Å²) >= 11 is 0. The first-order chi connectivity index (χ1) is 10.1. The Morgan fingerprint density at radius 1 is 1.38 bits per heavy atom. The third kappa shape index (κ3) is 4.43. The van der Waals surface area contributed by atoms with Gasteiger partial charge in [-0.15, -0.1) is 0 Å². The van der Waals surface area contributed by atoms with Crippen LogP contribution in [0, 0.1) is 5.82 Å². The molecule has 0 spiro atoms. The van der Waals surface area contributed by atoms with Crippen LogP contribution in [0.15, 0.2) is 18.2 Å².